The summed E-state index contributed by atoms with van der Waals surface area (Å²) in [7, 11) is 0. The maximum atomic E-state index is 11.9. The second-order valence-electron chi connectivity index (χ2n) is 4.40. The van der Waals surface area contributed by atoms with Gasteiger partial charge in [-0.05, 0) is 31.5 Å². The molecule has 1 atom stereocenters. The minimum absolute atomic E-state index is 0.00676. The van der Waals surface area contributed by atoms with Crippen molar-refractivity contribution in [1.29, 1.82) is 0 Å². The van der Waals surface area contributed by atoms with Crippen LogP contribution in [0.2, 0.25) is 0 Å². The average Bonchev–Trinajstić information content (AvgIpc) is 2.85. The maximum absolute atomic E-state index is 11.9. The van der Waals surface area contributed by atoms with Crippen LogP contribution in [-0.2, 0) is 4.79 Å². The van der Waals surface area contributed by atoms with Gasteiger partial charge in [0.1, 0.15) is 0 Å². The van der Waals surface area contributed by atoms with Crippen molar-refractivity contribution in [3.05, 3.63) is 48.3 Å². The van der Waals surface area contributed by atoms with Gasteiger partial charge < -0.3 is 5.32 Å². The number of hydrogen-bond acceptors (Lipinski definition) is 2. The fourth-order valence-electron chi connectivity index (χ4n) is 1.82. The fraction of sp³-hybridized carbons (Fsp3) is 0.286. The van der Waals surface area contributed by atoms with Crippen LogP contribution in [0.25, 0.3) is 0 Å². The Morgan fingerprint density at radius 2 is 2.17 bits per heavy atom. The van der Waals surface area contributed by atoms with Crippen LogP contribution in [-0.4, -0.2) is 15.7 Å². The number of anilines is 1. The molecule has 1 amide bonds. The topological polar surface area (TPSA) is 46.9 Å². The minimum atomic E-state index is 0.00676. The normalized spacial score (nSPS) is 12.1. The van der Waals surface area contributed by atoms with Gasteiger partial charge >= 0.3 is 0 Å². The third kappa shape index (κ3) is 2.97. The fourth-order valence-corrected chi connectivity index (χ4v) is 1.82. The first-order valence-corrected chi connectivity index (χ1v) is 6.01. The lowest BCUT2D eigenvalue weighted by atomic mass is 10.2. The van der Waals surface area contributed by atoms with Gasteiger partial charge in [-0.1, -0.05) is 18.2 Å². The van der Waals surface area contributed by atoms with Crippen LogP contribution in [0.15, 0.2) is 42.7 Å². The average molecular weight is 243 g/mol. The van der Waals surface area contributed by atoms with E-state index in [-0.39, 0.29) is 11.9 Å². The van der Waals surface area contributed by atoms with E-state index >= 15 is 0 Å². The Labute approximate surface area is 107 Å². The Balaban J connectivity index is 1.95. The van der Waals surface area contributed by atoms with Crippen molar-refractivity contribution in [1.82, 2.24) is 9.78 Å². The second kappa shape index (κ2) is 5.49. The quantitative estimate of drug-likeness (QED) is 0.897. The lowest BCUT2D eigenvalue weighted by Crippen LogP contribution is -2.18. The molecule has 1 N–H and O–H groups in total. The first-order chi connectivity index (χ1) is 8.66. The summed E-state index contributed by atoms with van der Waals surface area (Å²) in [5, 5.41) is 7.05. The molecule has 0 saturated heterocycles. The Morgan fingerprint density at radius 3 is 2.83 bits per heavy atom. The molecule has 94 valence electrons. The van der Waals surface area contributed by atoms with Crippen molar-refractivity contribution in [3.8, 4) is 0 Å². The first-order valence-electron chi connectivity index (χ1n) is 6.01. The van der Waals surface area contributed by atoms with Crippen molar-refractivity contribution in [2.24, 2.45) is 0 Å². The highest BCUT2D eigenvalue weighted by atomic mass is 16.1. The molecule has 0 spiro atoms. The number of amides is 1. The molecule has 0 aliphatic heterocycles. The number of aryl methyl sites for hydroxylation is 1. The minimum Gasteiger partial charge on any atom is -0.326 e. The smallest absolute Gasteiger partial charge is 0.226 e. The Morgan fingerprint density at radius 1 is 1.39 bits per heavy atom. The third-order valence-electron chi connectivity index (χ3n) is 2.88. The number of hydrogen-bond donors (Lipinski definition) is 1. The maximum Gasteiger partial charge on any atom is 0.226 e. The zero-order valence-electron chi connectivity index (χ0n) is 10.6. The molecule has 1 heterocycles. The van der Waals surface area contributed by atoms with Crippen LogP contribution < -0.4 is 5.32 Å². The summed E-state index contributed by atoms with van der Waals surface area (Å²) in [4.78, 5) is 11.9. The molecule has 1 aromatic carbocycles. The summed E-state index contributed by atoms with van der Waals surface area (Å²) >= 11 is 0. The molecule has 0 aliphatic rings. The third-order valence-corrected chi connectivity index (χ3v) is 2.88. The summed E-state index contributed by atoms with van der Waals surface area (Å²) in [5.41, 5.74) is 1.94. The van der Waals surface area contributed by atoms with E-state index in [1.165, 1.54) is 0 Å². The highest BCUT2D eigenvalue weighted by Gasteiger charge is 2.11. The van der Waals surface area contributed by atoms with Crippen LogP contribution in [0.3, 0.4) is 0 Å². The lowest BCUT2D eigenvalue weighted by Gasteiger charge is -2.13. The summed E-state index contributed by atoms with van der Waals surface area (Å²) in [5.74, 6) is 0.00676. The molecule has 0 fully saturated rings. The molecule has 18 heavy (non-hydrogen) atoms. The SMILES string of the molecule is Cc1ccccc1NC(=O)C[C@@H](C)n1cccn1. The first kappa shape index (κ1) is 12.4. The summed E-state index contributed by atoms with van der Waals surface area (Å²) in [6.45, 7) is 3.96. The second-order valence-corrected chi connectivity index (χ2v) is 4.40. The number of carbonyl (C=O) groups is 1. The number of benzene rings is 1. The number of rotatable bonds is 4. The van der Waals surface area contributed by atoms with E-state index in [0.717, 1.165) is 11.3 Å². The Hall–Kier alpha value is -2.10. The molecule has 0 bridgehead atoms. The number of para-hydroxylation sites is 1. The van der Waals surface area contributed by atoms with Gasteiger partial charge in [-0.25, -0.2) is 0 Å². The van der Waals surface area contributed by atoms with E-state index < -0.39 is 0 Å². The van der Waals surface area contributed by atoms with Crippen LogP contribution >= 0.6 is 0 Å². The molecule has 2 aromatic rings. The lowest BCUT2D eigenvalue weighted by molar-refractivity contribution is -0.116. The van der Waals surface area contributed by atoms with Crippen LogP contribution in [0.4, 0.5) is 5.69 Å². The van der Waals surface area contributed by atoms with Gasteiger partial charge in [-0.15, -0.1) is 0 Å². The van der Waals surface area contributed by atoms with Gasteiger partial charge in [0, 0.05) is 24.5 Å². The predicted octanol–water partition coefficient (Wildman–Crippen LogP) is 2.78. The zero-order valence-corrected chi connectivity index (χ0v) is 10.6. The van der Waals surface area contributed by atoms with E-state index in [1.807, 2.05) is 50.4 Å². The molecular formula is C14H17N3O. The van der Waals surface area contributed by atoms with Gasteiger partial charge in [0.25, 0.3) is 0 Å². The molecule has 4 nitrogen and oxygen atoms in total. The molecule has 0 saturated carbocycles. The van der Waals surface area contributed by atoms with Crippen molar-refractivity contribution in [2.45, 2.75) is 26.3 Å². The monoisotopic (exact) mass is 243 g/mol. The molecule has 0 unspecified atom stereocenters. The number of nitrogens with zero attached hydrogens (tertiary/aromatic N) is 2. The van der Waals surface area contributed by atoms with Crippen molar-refractivity contribution in [3.63, 3.8) is 0 Å². The van der Waals surface area contributed by atoms with E-state index in [1.54, 1.807) is 10.9 Å². The van der Waals surface area contributed by atoms with Crippen molar-refractivity contribution < 1.29 is 4.79 Å². The van der Waals surface area contributed by atoms with Crippen LogP contribution in [0.1, 0.15) is 24.9 Å². The van der Waals surface area contributed by atoms with E-state index in [4.69, 9.17) is 0 Å². The van der Waals surface area contributed by atoms with Crippen LogP contribution in [0.5, 0.6) is 0 Å². The van der Waals surface area contributed by atoms with Crippen molar-refractivity contribution >= 4 is 11.6 Å². The molecule has 2 rings (SSSR count). The zero-order chi connectivity index (χ0) is 13.0. The number of nitrogens with one attached hydrogen (secondary N) is 1. The molecule has 4 heteroatoms. The summed E-state index contributed by atoms with van der Waals surface area (Å²) in [6.07, 6.45) is 4.00. The molecule has 0 radical (unpaired) electrons. The highest BCUT2D eigenvalue weighted by Crippen LogP contribution is 2.15. The predicted molar refractivity (Wildman–Crippen MR) is 71.4 cm³/mol. The summed E-state index contributed by atoms with van der Waals surface area (Å²) in [6, 6.07) is 9.68. The van der Waals surface area contributed by atoms with Crippen molar-refractivity contribution in [2.75, 3.05) is 5.32 Å². The van der Waals surface area contributed by atoms with E-state index in [2.05, 4.69) is 10.4 Å². The molecule has 0 aliphatic carbocycles. The van der Waals surface area contributed by atoms with Gasteiger partial charge in [0.2, 0.25) is 5.91 Å². The highest BCUT2D eigenvalue weighted by molar-refractivity contribution is 5.91. The summed E-state index contributed by atoms with van der Waals surface area (Å²) < 4.78 is 1.79. The molecular weight excluding hydrogens is 226 g/mol. The number of carbonyl (C=O) groups excluding carboxylic acids is 1. The van der Waals surface area contributed by atoms with Gasteiger partial charge in [0.15, 0.2) is 0 Å². The standard InChI is InChI=1S/C14H17N3O/c1-11-6-3-4-7-13(11)16-14(18)10-12(2)17-9-5-8-15-17/h3-9,12H,10H2,1-2H3,(H,16,18)/t12-/m1/s1. The Kier molecular flexibility index (Phi) is 3.77. The van der Waals surface area contributed by atoms with E-state index in [9.17, 15) is 4.79 Å². The van der Waals surface area contributed by atoms with E-state index in [0.29, 0.717) is 6.42 Å². The largest absolute Gasteiger partial charge is 0.326 e. The van der Waals surface area contributed by atoms with Crippen LogP contribution in [0, 0.1) is 6.92 Å². The Bertz CT molecular complexity index is 520. The van der Waals surface area contributed by atoms with Gasteiger partial charge in [0.05, 0.1) is 6.04 Å². The van der Waals surface area contributed by atoms with Gasteiger partial charge in [-0.3, -0.25) is 9.48 Å². The van der Waals surface area contributed by atoms with Gasteiger partial charge in [-0.2, -0.15) is 5.10 Å². The molecule has 1 aromatic heterocycles. The number of aromatic nitrogens is 2.